The van der Waals surface area contributed by atoms with Crippen LogP contribution in [-0.4, -0.2) is 23.9 Å². The van der Waals surface area contributed by atoms with Crippen molar-refractivity contribution in [3.63, 3.8) is 0 Å². The maximum atomic E-state index is 13.3. The Hall–Kier alpha value is -1.83. The molecule has 11 heteroatoms. The monoisotopic (exact) mass is 374 g/mol. The van der Waals surface area contributed by atoms with Crippen LogP contribution in [0.15, 0.2) is 0 Å². The smallest absolute Gasteiger partial charge is 0.311 e. The minimum Gasteiger partial charge on any atom is -0.311 e. The molecule has 24 heavy (non-hydrogen) atoms. The lowest BCUT2D eigenvalue weighted by molar-refractivity contribution is -0.343. The minimum absolute atomic E-state index is 0.172. The van der Waals surface area contributed by atoms with Gasteiger partial charge in [-0.25, -0.2) is 0 Å². The summed E-state index contributed by atoms with van der Waals surface area (Å²) in [6, 6.07) is 1.67. The van der Waals surface area contributed by atoms with Crippen molar-refractivity contribution in [2.45, 2.75) is 43.7 Å². The summed E-state index contributed by atoms with van der Waals surface area (Å²) >= 11 is 0.735. The quantitative estimate of drug-likeness (QED) is 0.804. The first-order valence-corrected chi connectivity index (χ1v) is 7.43. The predicted octanol–water partition coefficient (Wildman–Crippen LogP) is 4.27. The minimum atomic E-state index is -6.60. The molecule has 132 valence electrons. The lowest BCUT2D eigenvalue weighted by atomic mass is 9.96. The molecule has 0 atom stereocenters. The summed E-state index contributed by atoms with van der Waals surface area (Å²) in [7, 11) is 0. The first-order valence-electron chi connectivity index (χ1n) is 6.62. The van der Waals surface area contributed by atoms with Gasteiger partial charge in [-0.15, -0.1) is 11.3 Å². The molecule has 1 amide bonds. The van der Waals surface area contributed by atoms with E-state index in [9.17, 15) is 35.5 Å². The van der Waals surface area contributed by atoms with Gasteiger partial charge in [-0.3, -0.25) is 4.79 Å². The number of nitrogens with one attached hydrogen (secondary N) is 1. The Morgan fingerprint density at radius 1 is 1.08 bits per heavy atom. The van der Waals surface area contributed by atoms with Gasteiger partial charge in [-0.05, 0) is 31.2 Å². The molecule has 1 aliphatic carbocycles. The van der Waals surface area contributed by atoms with Crippen LogP contribution < -0.4 is 5.32 Å². The number of thiophene rings is 1. The highest BCUT2D eigenvalue weighted by molar-refractivity contribution is 7.16. The molecular formula is C13H9F7N2OS. The molecule has 0 saturated heterocycles. The summed E-state index contributed by atoms with van der Waals surface area (Å²) in [6.45, 7) is 0. The number of fused-ring (bicyclic) bond motifs is 1. The van der Waals surface area contributed by atoms with Crippen molar-refractivity contribution >= 4 is 22.2 Å². The third-order valence-electron chi connectivity index (χ3n) is 3.55. The maximum absolute atomic E-state index is 13.3. The topological polar surface area (TPSA) is 52.9 Å². The number of nitriles is 1. The average molecular weight is 374 g/mol. The lowest BCUT2D eigenvalue weighted by Crippen LogP contribution is -2.57. The van der Waals surface area contributed by atoms with Crippen molar-refractivity contribution in [2.75, 3.05) is 5.32 Å². The second-order valence-electron chi connectivity index (χ2n) is 5.13. The number of hydrogen-bond acceptors (Lipinski definition) is 3. The molecule has 0 bridgehead atoms. The van der Waals surface area contributed by atoms with E-state index in [0.29, 0.717) is 29.7 Å². The fourth-order valence-electron chi connectivity index (χ4n) is 2.27. The van der Waals surface area contributed by atoms with Gasteiger partial charge in [0, 0.05) is 4.88 Å². The highest BCUT2D eigenvalue weighted by Gasteiger charge is 2.76. The Kier molecular flexibility index (Phi) is 4.56. The SMILES string of the molecule is N#Cc1c(NC(=O)C(F)(F)C(F)(F)C(F)(F)F)sc2c1CCCC2. The summed E-state index contributed by atoms with van der Waals surface area (Å²) in [6.07, 6.45) is -4.16. The van der Waals surface area contributed by atoms with Crippen LogP contribution in [0.1, 0.15) is 28.8 Å². The zero-order valence-corrected chi connectivity index (χ0v) is 12.6. The average Bonchev–Trinajstić information content (AvgIpc) is 2.82. The standard InChI is InChI=1S/C13H9F7N2OS/c14-11(15,12(16,17)13(18,19)20)10(23)22-9-7(5-21)6-3-1-2-4-8(6)24-9/h1-4H2,(H,22,23). The number of rotatable bonds is 3. The number of carbonyl (C=O) groups is 1. The Morgan fingerprint density at radius 2 is 1.67 bits per heavy atom. The van der Waals surface area contributed by atoms with E-state index >= 15 is 0 Å². The number of amides is 1. The molecule has 1 aromatic heterocycles. The van der Waals surface area contributed by atoms with Crippen LogP contribution in [-0.2, 0) is 17.6 Å². The molecule has 1 aromatic rings. The van der Waals surface area contributed by atoms with Gasteiger partial charge >= 0.3 is 23.9 Å². The molecule has 0 fully saturated rings. The van der Waals surface area contributed by atoms with Gasteiger partial charge in [-0.1, -0.05) is 0 Å². The zero-order chi connectivity index (χ0) is 18.3. The van der Waals surface area contributed by atoms with Gasteiger partial charge < -0.3 is 5.32 Å². The van der Waals surface area contributed by atoms with E-state index < -0.39 is 28.9 Å². The van der Waals surface area contributed by atoms with E-state index in [2.05, 4.69) is 0 Å². The van der Waals surface area contributed by atoms with Crippen LogP contribution >= 0.6 is 11.3 Å². The molecule has 2 rings (SSSR count). The molecule has 0 unspecified atom stereocenters. The molecule has 1 aliphatic rings. The van der Waals surface area contributed by atoms with E-state index in [4.69, 9.17) is 5.26 Å². The largest absolute Gasteiger partial charge is 0.460 e. The van der Waals surface area contributed by atoms with E-state index in [0.717, 1.165) is 17.8 Å². The predicted molar refractivity (Wildman–Crippen MR) is 70.3 cm³/mol. The summed E-state index contributed by atoms with van der Waals surface area (Å²) in [5.74, 6) is -15.4. The number of halogens is 7. The molecule has 0 aliphatic heterocycles. The lowest BCUT2D eigenvalue weighted by Gasteiger charge is -2.26. The Bertz CT molecular complexity index is 702. The molecular weight excluding hydrogens is 365 g/mol. The number of aryl methyl sites for hydroxylation is 1. The number of hydrogen-bond donors (Lipinski definition) is 1. The molecule has 1 N–H and O–H groups in total. The van der Waals surface area contributed by atoms with Gasteiger partial charge in [0.05, 0.1) is 5.56 Å². The molecule has 3 nitrogen and oxygen atoms in total. The first kappa shape index (κ1) is 18.5. The molecule has 0 spiro atoms. The Labute approximate surface area is 135 Å². The fraction of sp³-hybridized carbons (Fsp3) is 0.538. The third-order valence-corrected chi connectivity index (χ3v) is 4.75. The summed E-state index contributed by atoms with van der Waals surface area (Å²) in [5, 5.41) is 9.98. The van der Waals surface area contributed by atoms with Gasteiger partial charge in [0.1, 0.15) is 11.1 Å². The molecule has 0 radical (unpaired) electrons. The molecule has 0 aromatic carbocycles. The normalized spacial score (nSPS) is 15.6. The van der Waals surface area contributed by atoms with Crippen LogP contribution in [0.25, 0.3) is 0 Å². The van der Waals surface area contributed by atoms with Crippen molar-refractivity contribution in [2.24, 2.45) is 0 Å². The van der Waals surface area contributed by atoms with Gasteiger partial charge in [0.25, 0.3) is 0 Å². The summed E-state index contributed by atoms with van der Waals surface area (Å²) in [4.78, 5) is 12.0. The number of anilines is 1. The third kappa shape index (κ3) is 2.83. The molecule has 1 heterocycles. The van der Waals surface area contributed by atoms with E-state index in [-0.39, 0.29) is 5.56 Å². The number of alkyl halides is 7. The van der Waals surface area contributed by atoms with Crippen molar-refractivity contribution in [3.8, 4) is 6.07 Å². The number of carbonyl (C=O) groups excluding carboxylic acids is 1. The van der Waals surface area contributed by atoms with E-state index in [1.807, 2.05) is 0 Å². The van der Waals surface area contributed by atoms with Gasteiger partial charge in [0.15, 0.2) is 0 Å². The second-order valence-corrected chi connectivity index (χ2v) is 6.23. The van der Waals surface area contributed by atoms with E-state index in [1.165, 1.54) is 5.32 Å². The van der Waals surface area contributed by atoms with E-state index in [1.54, 1.807) is 6.07 Å². The highest BCUT2D eigenvalue weighted by atomic mass is 32.1. The van der Waals surface area contributed by atoms with Gasteiger partial charge in [0.2, 0.25) is 0 Å². The van der Waals surface area contributed by atoms with Crippen molar-refractivity contribution in [1.29, 1.82) is 5.26 Å². The van der Waals surface area contributed by atoms with Crippen LogP contribution in [0.2, 0.25) is 0 Å². The first-order chi connectivity index (χ1) is 10.9. The zero-order valence-electron chi connectivity index (χ0n) is 11.7. The Balaban J connectivity index is 2.33. The van der Waals surface area contributed by atoms with Gasteiger partial charge in [-0.2, -0.15) is 36.0 Å². The van der Waals surface area contributed by atoms with Crippen LogP contribution in [0, 0.1) is 11.3 Å². The highest BCUT2D eigenvalue weighted by Crippen LogP contribution is 2.47. The van der Waals surface area contributed by atoms with Crippen LogP contribution in [0.3, 0.4) is 0 Å². The summed E-state index contributed by atoms with van der Waals surface area (Å²) in [5.41, 5.74) is 0.337. The second kappa shape index (κ2) is 5.91. The van der Waals surface area contributed by atoms with Crippen molar-refractivity contribution < 1.29 is 35.5 Å². The van der Waals surface area contributed by atoms with Crippen molar-refractivity contribution in [1.82, 2.24) is 0 Å². The Morgan fingerprint density at radius 3 is 2.21 bits per heavy atom. The summed E-state index contributed by atoms with van der Waals surface area (Å²) < 4.78 is 88.7. The van der Waals surface area contributed by atoms with Crippen LogP contribution in [0.5, 0.6) is 0 Å². The maximum Gasteiger partial charge on any atom is 0.460 e. The van der Waals surface area contributed by atoms with Crippen LogP contribution in [0.4, 0.5) is 35.7 Å². The number of nitrogens with zero attached hydrogens (tertiary/aromatic N) is 1. The van der Waals surface area contributed by atoms with Crippen molar-refractivity contribution in [3.05, 3.63) is 16.0 Å². The molecule has 0 saturated carbocycles. The fourth-order valence-corrected chi connectivity index (χ4v) is 3.51.